The number of hydrogen-bond donors (Lipinski definition) is 2. The Kier molecular flexibility index (Phi) is 6.71. The zero-order valence-corrected chi connectivity index (χ0v) is 19.6. The number of hydrogen-bond acceptors (Lipinski definition) is 6. The van der Waals surface area contributed by atoms with Crippen molar-refractivity contribution < 1.29 is 18.5 Å². The van der Waals surface area contributed by atoms with Crippen LogP contribution in [0, 0.1) is 11.2 Å². The summed E-state index contributed by atoms with van der Waals surface area (Å²) in [5, 5.41) is 8.32. The lowest BCUT2D eigenvalue weighted by molar-refractivity contribution is -0.118. The quantitative estimate of drug-likeness (QED) is 0.530. The van der Waals surface area contributed by atoms with Gasteiger partial charge in [-0.1, -0.05) is 32.0 Å². The number of carbonyl (C=O) groups excluding carboxylic acids is 2. The number of halogens is 1. The molecular formula is C24H30FN5O3. The molecule has 2 aromatic heterocycles. The van der Waals surface area contributed by atoms with Gasteiger partial charge in [-0.2, -0.15) is 5.10 Å². The van der Waals surface area contributed by atoms with Crippen molar-refractivity contribution >= 4 is 17.5 Å². The lowest BCUT2D eigenvalue weighted by Crippen LogP contribution is -2.15. The molecule has 1 amide bonds. The zero-order chi connectivity index (χ0) is 24.5. The van der Waals surface area contributed by atoms with Crippen LogP contribution in [-0.4, -0.2) is 26.6 Å². The second-order valence-electron chi connectivity index (χ2n) is 9.74. The fourth-order valence-electron chi connectivity index (χ4n) is 3.68. The van der Waals surface area contributed by atoms with Gasteiger partial charge in [-0.05, 0) is 43.4 Å². The van der Waals surface area contributed by atoms with Gasteiger partial charge in [-0.15, -0.1) is 0 Å². The molecule has 8 nitrogen and oxygen atoms in total. The van der Waals surface area contributed by atoms with Crippen molar-refractivity contribution in [2.75, 3.05) is 5.73 Å². The Morgan fingerprint density at radius 2 is 1.88 bits per heavy atom. The number of nitrogens with two attached hydrogens (primary N) is 2. The number of benzene rings is 1. The van der Waals surface area contributed by atoms with Crippen LogP contribution in [0.15, 0.2) is 28.8 Å². The van der Waals surface area contributed by atoms with E-state index in [-0.39, 0.29) is 52.7 Å². The molecule has 0 aliphatic rings. The van der Waals surface area contributed by atoms with Gasteiger partial charge in [-0.25, -0.2) is 9.07 Å². The van der Waals surface area contributed by atoms with Crippen LogP contribution in [0.25, 0.3) is 11.3 Å². The van der Waals surface area contributed by atoms with Crippen molar-refractivity contribution in [3.8, 4) is 11.3 Å². The monoisotopic (exact) mass is 455 g/mol. The van der Waals surface area contributed by atoms with E-state index in [1.807, 2.05) is 13.8 Å². The third kappa shape index (κ3) is 5.66. The number of nitrogen functional groups attached to an aromatic ring is 1. The molecule has 0 unspecified atom stereocenters. The molecule has 0 saturated carbocycles. The van der Waals surface area contributed by atoms with Crippen molar-refractivity contribution in [3.05, 3.63) is 52.7 Å². The summed E-state index contributed by atoms with van der Waals surface area (Å²) < 4.78 is 21.7. The average Bonchev–Trinajstić information content (AvgIpc) is 3.24. The standard InChI is InChI=1S/C24H30FN5O3/c1-13(2)30-22(26)20(23(27)32)21(28-30)18-7-6-14(9-19(18)25)8-16(31)11-17-10-15(29-33-17)12-24(3,4)5/h6-7,9-10,13H,8,11-12,26H2,1-5H3,(H2,27,32). The molecule has 0 aliphatic carbocycles. The molecule has 176 valence electrons. The number of carbonyl (C=O) groups is 2. The van der Waals surface area contributed by atoms with Crippen molar-refractivity contribution in [2.24, 2.45) is 11.1 Å². The van der Waals surface area contributed by atoms with E-state index in [4.69, 9.17) is 16.0 Å². The van der Waals surface area contributed by atoms with Crippen LogP contribution < -0.4 is 11.5 Å². The summed E-state index contributed by atoms with van der Waals surface area (Å²) in [6.07, 6.45) is 0.834. The van der Waals surface area contributed by atoms with Gasteiger partial charge >= 0.3 is 0 Å². The number of primary amides is 1. The van der Waals surface area contributed by atoms with E-state index in [2.05, 4.69) is 31.0 Å². The molecule has 0 radical (unpaired) electrons. The highest BCUT2D eigenvalue weighted by molar-refractivity contribution is 6.03. The van der Waals surface area contributed by atoms with Crippen molar-refractivity contribution in [3.63, 3.8) is 0 Å². The molecule has 0 bridgehead atoms. The number of rotatable bonds is 8. The minimum Gasteiger partial charge on any atom is -0.383 e. The van der Waals surface area contributed by atoms with Crippen LogP contribution in [-0.2, 0) is 24.1 Å². The number of Topliss-reactive ketones (excluding diaryl/α,β-unsaturated/α-hetero) is 1. The summed E-state index contributed by atoms with van der Waals surface area (Å²) in [5.41, 5.74) is 13.0. The lowest BCUT2D eigenvalue weighted by Gasteiger charge is -2.14. The first-order valence-electron chi connectivity index (χ1n) is 10.8. The Bertz CT molecular complexity index is 1190. The summed E-state index contributed by atoms with van der Waals surface area (Å²) in [6, 6.07) is 6.00. The molecule has 0 atom stereocenters. The minimum atomic E-state index is -0.786. The van der Waals surface area contributed by atoms with E-state index in [0.29, 0.717) is 11.3 Å². The molecule has 2 heterocycles. The Labute approximate surface area is 192 Å². The van der Waals surface area contributed by atoms with Gasteiger partial charge in [0, 0.05) is 24.1 Å². The highest BCUT2D eigenvalue weighted by atomic mass is 19.1. The van der Waals surface area contributed by atoms with E-state index < -0.39 is 11.7 Å². The molecule has 33 heavy (non-hydrogen) atoms. The predicted molar refractivity (Wildman–Crippen MR) is 123 cm³/mol. The van der Waals surface area contributed by atoms with E-state index in [9.17, 15) is 14.0 Å². The Hall–Kier alpha value is -3.49. The van der Waals surface area contributed by atoms with Crippen LogP contribution >= 0.6 is 0 Å². The maximum absolute atomic E-state index is 15.0. The largest absolute Gasteiger partial charge is 0.383 e. The molecular weight excluding hydrogens is 425 g/mol. The second kappa shape index (κ2) is 9.17. The van der Waals surface area contributed by atoms with E-state index >= 15 is 0 Å². The number of nitrogens with zero attached hydrogens (tertiary/aromatic N) is 3. The molecule has 0 saturated heterocycles. The van der Waals surface area contributed by atoms with Crippen LogP contribution in [0.3, 0.4) is 0 Å². The van der Waals surface area contributed by atoms with Gasteiger partial charge in [0.05, 0.1) is 12.1 Å². The van der Waals surface area contributed by atoms with Crippen LogP contribution in [0.4, 0.5) is 10.2 Å². The summed E-state index contributed by atoms with van der Waals surface area (Å²) in [7, 11) is 0. The summed E-state index contributed by atoms with van der Waals surface area (Å²) >= 11 is 0. The zero-order valence-electron chi connectivity index (χ0n) is 19.6. The van der Waals surface area contributed by atoms with Gasteiger partial charge < -0.3 is 16.0 Å². The molecule has 3 rings (SSSR count). The van der Waals surface area contributed by atoms with Gasteiger partial charge in [0.1, 0.15) is 34.4 Å². The first kappa shape index (κ1) is 24.2. The predicted octanol–water partition coefficient (Wildman–Crippen LogP) is 3.88. The second-order valence-corrected chi connectivity index (χ2v) is 9.74. The average molecular weight is 456 g/mol. The first-order chi connectivity index (χ1) is 15.4. The molecule has 0 aliphatic heterocycles. The number of anilines is 1. The van der Waals surface area contributed by atoms with E-state index in [0.717, 1.165) is 12.1 Å². The Morgan fingerprint density at radius 1 is 1.18 bits per heavy atom. The number of ketones is 1. The first-order valence-corrected chi connectivity index (χ1v) is 10.8. The number of amides is 1. The SMILES string of the molecule is CC(C)n1nc(-c2ccc(CC(=O)Cc3cc(CC(C)(C)C)no3)cc2F)c(C(N)=O)c1N. The Balaban J connectivity index is 1.77. The van der Waals surface area contributed by atoms with Gasteiger partial charge in [0.15, 0.2) is 0 Å². The Morgan fingerprint density at radius 3 is 2.45 bits per heavy atom. The van der Waals surface area contributed by atoms with E-state index in [1.54, 1.807) is 12.1 Å². The molecule has 4 N–H and O–H groups in total. The van der Waals surface area contributed by atoms with Crippen LogP contribution in [0.5, 0.6) is 0 Å². The summed E-state index contributed by atoms with van der Waals surface area (Å²) in [5.74, 6) is -0.970. The molecule has 9 heteroatoms. The lowest BCUT2D eigenvalue weighted by atomic mass is 9.90. The number of aromatic nitrogens is 3. The third-order valence-electron chi connectivity index (χ3n) is 5.06. The smallest absolute Gasteiger partial charge is 0.254 e. The third-order valence-corrected chi connectivity index (χ3v) is 5.06. The molecule has 0 fully saturated rings. The molecule has 1 aromatic carbocycles. The summed E-state index contributed by atoms with van der Waals surface area (Å²) in [4.78, 5) is 24.4. The van der Waals surface area contributed by atoms with Gasteiger partial charge in [-0.3, -0.25) is 9.59 Å². The van der Waals surface area contributed by atoms with Gasteiger partial charge in [0.2, 0.25) is 0 Å². The minimum absolute atomic E-state index is 0.0252. The van der Waals surface area contributed by atoms with Crippen molar-refractivity contribution in [1.29, 1.82) is 0 Å². The molecule has 0 spiro atoms. The normalized spacial score (nSPS) is 11.8. The fraction of sp³-hybridized carbons (Fsp3) is 0.417. The van der Waals surface area contributed by atoms with Crippen molar-refractivity contribution in [2.45, 2.75) is 59.9 Å². The maximum Gasteiger partial charge on any atom is 0.254 e. The van der Waals surface area contributed by atoms with Gasteiger partial charge in [0.25, 0.3) is 5.91 Å². The highest BCUT2D eigenvalue weighted by Crippen LogP contribution is 2.31. The van der Waals surface area contributed by atoms with Crippen LogP contribution in [0.2, 0.25) is 0 Å². The highest BCUT2D eigenvalue weighted by Gasteiger charge is 2.25. The topological polar surface area (TPSA) is 130 Å². The fourth-order valence-corrected chi connectivity index (χ4v) is 3.68. The maximum atomic E-state index is 15.0. The summed E-state index contributed by atoms with van der Waals surface area (Å²) in [6.45, 7) is 9.96. The van der Waals surface area contributed by atoms with Crippen LogP contribution in [0.1, 0.15) is 68.0 Å². The molecule has 3 aromatic rings. The van der Waals surface area contributed by atoms with E-state index in [1.165, 1.54) is 16.8 Å². The van der Waals surface area contributed by atoms with Crippen molar-refractivity contribution in [1.82, 2.24) is 14.9 Å².